The van der Waals surface area contributed by atoms with Crippen molar-refractivity contribution >= 4 is 22.9 Å². The zero-order valence-corrected chi connectivity index (χ0v) is 13.0. The van der Waals surface area contributed by atoms with Crippen LogP contribution >= 0.6 is 11.3 Å². The van der Waals surface area contributed by atoms with Crippen molar-refractivity contribution in [2.45, 2.75) is 26.3 Å². The third-order valence-corrected chi connectivity index (χ3v) is 5.12. The third kappa shape index (κ3) is 2.38. The van der Waals surface area contributed by atoms with Crippen LogP contribution in [0.3, 0.4) is 0 Å². The van der Waals surface area contributed by atoms with E-state index in [0.717, 1.165) is 24.2 Å². The van der Waals surface area contributed by atoms with E-state index in [-0.39, 0.29) is 5.84 Å². The largest absolute Gasteiger partial charge is 0.409 e. The number of hydrogen-bond acceptors (Lipinski definition) is 4. The third-order valence-electron chi connectivity index (χ3n) is 4.12. The molecule has 0 spiro atoms. The van der Waals surface area contributed by atoms with Gasteiger partial charge in [0.15, 0.2) is 5.84 Å². The molecule has 0 fully saturated rings. The summed E-state index contributed by atoms with van der Waals surface area (Å²) in [5.74, 6) is 0.160. The first-order valence-electron chi connectivity index (χ1n) is 7.03. The highest BCUT2D eigenvalue weighted by atomic mass is 32.1. The maximum absolute atomic E-state index is 9.02. The molecule has 0 amide bonds. The fraction of sp³-hybridized carbons (Fsp3) is 0.312. The van der Waals surface area contributed by atoms with Crippen LogP contribution in [-0.2, 0) is 6.42 Å². The minimum atomic E-state index is 0.160. The lowest BCUT2D eigenvalue weighted by atomic mass is 9.98. The molecule has 3 N–H and O–H groups in total. The van der Waals surface area contributed by atoms with Gasteiger partial charge in [0, 0.05) is 22.7 Å². The molecule has 1 aromatic heterocycles. The Kier molecular flexibility index (Phi) is 3.59. The molecule has 21 heavy (non-hydrogen) atoms. The van der Waals surface area contributed by atoms with Gasteiger partial charge >= 0.3 is 0 Å². The summed E-state index contributed by atoms with van der Waals surface area (Å²) >= 11 is 1.83. The van der Waals surface area contributed by atoms with Gasteiger partial charge in [-0.1, -0.05) is 11.2 Å². The van der Waals surface area contributed by atoms with Crippen LogP contribution in [0.5, 0.6) is 0 Å². The number of rotatable bonds is 2. The minimum Gasteiger partial charge on any atom is -0.409 e. The van der Waals surface area contributed by atoms with Gasteiger partial charge < -0.3 is 15.8 Å². The lowest BCUT2D eigenvalue weighted by Gasteiger charge is -2.36. The van der Waals surface area contributed by atoms with E-state index in [1.807, 2.05) is 23.5 Å². The molecule has 2 aromatic rings. The lowest BCUT2D eigenvalue weighted by molar-refractivity contribution is 0.318. The second-order valence-electron chi connectivity index (χ2n) is 5.42. The van der Waals surface area contributed by atoms with Crippen LogP contribution in [0.4, 0.5) is 5.69 Å². The summed E-state index contributed by atoms with van der Waals surface area (Å²) in [5.41, 5.74) is 10.2. The molecule has 0 saturated heterocycles. The summed E-state index contributed by atoms with van der Waals surface area (Å²) in [6, 6.07) is 8.53. The smallest absolute Gasteiger partial charge is 0.172 e. The zero-order valence-electron chi connectivity index (χ0n) is 12.2. The zero-order chi connectivity index (χ0) is 15.0. The van der Waals surface area contributed by atoms with Gasteiger partial charge in [-0.05, 0) is 55.0 Å². The maximum atomic E-state index is 9.02. The van der Waals surface area contributed by atoms with E-state index >= 15 is 0 Å². The Labute approximate surface area is 128 Å². The molecule has 1 aliphatic heterocycles. The summed E-state index contributed by atoms with van der Waals surface area (Å²) in [4.78, 5) is 3.81. The second kappa shape index (κ2) is 5.41. The van der Waals surface area contributed by atoms with E-state index in [2.05, 4.69) is 41.4 Å². The van der Waals surface area contributed by atoms with E-state index in [0.29, 0.717) is 6.04 Å². The number of nitrogens with zero attached hydrogens (tertiary/aromatic N) is 2. The Bertz CT molecular complexity index is 693. The summed E-state index contributed by atoms with van der Waals surface area (Å²) < 4.78 is 0. The number of thiophene rings is 1. The van der Waals surface area contributed by atoms with Crippen molar-refractivity contribution in [1.82, 2.24) is 0 Å². The van der Waals surface area contributed by atoms with Crippen molar-refractivity contribution in [1.29, 1.82) is 0 Å². The molecule has 0 radical (unpaired) electrons. The van der Waals surface area contributed by atoms with Gasteiger partial charge in [0.1, 0.15) is 0 Å². The highest BCUT2D eigenvalue weighted by Gasteiger charge is 2.27. The maximum Gasteiger partial charge on any atom is 0.172 e. The molecule has 0 aliphatic carbocycles. The van der Waals surface area contributed by atoms with Crippen LogP contribution in [-0.4, -0.2) is 17.6 Å². The van der Waals surface area contributed by atoms with E-state index in [1.165, 1.54) is 16.0 Å². The number of nitrogens with two attached hydrogens (primary N) is 1. The molecule has 0 saturated carbocycles. The second-order valence-corrected chi connectivity index (χ2v) is 6.42. The number of hydrogen-bond donors (Lipinski definition) is 2. The number of amidine groups is 1. The molecular formula is C16H19N3OS. The highest BCUT2D eigenvalue weighted by molar-refractivity contribution is 7.10. The number of benzene rings is 1. The van der Waals surface area contributed by atoms with Gasteiger partial charge in [0.2, 0.25) is 0 Å². The number of anilines is 1. The Balaban J connectivity index is 2.07. The minimum absolute atomic E-state index is 0.160. The van der Waals surface area contributed by atoms with Crippen LogP contribution in [0.15, 0.2) is 34.8 Å². The summed E-state index contributed by atoms with van der Waals surface area (Å²) in [7, 11) is 0. The molecule has 4 nitrogen and oxygen atoms in total. The molecule has 1 aromatic carbocycles. The topological polar surface area (TPSA) is 61.9 Å². The van der Waals surface area contributed by atoms with Gasteiger partial charge in [-0.3, -0.25) is 0 Å². The fourth-order valence-electron chi connectivity index (χ4n) is 2.99. The van der Waals surface area contributed by atoms with Crippen molar-refractivity contribution in [2.24, 2.45) is 10.9 Å². The number of oxime groups is 1. The lowest BCUT2D eigenvalue weighted by Crippen LogP contribution is -2.34. The molecular weight excluding hydrogens is 282 g/mol. The molecule has 1 atom stereocenters. The molecule has 3 rings (SSSR count). The van der Waals surface area contributed by atoms with E-state index < -0.39 is 0 Å². The van der Waals surface area contributed by atoms with Gasteiger partial charge in [-0.2, -0.15) is 0 Å². The van der Waals surface area contributed by atoms with Crippen molar-refractivity contribution in [3.05, 3.63) is 51.2 Å². The highest BCUT2D eigenvalue weighted by Crippen LogP contribution is 2.37. The Morgan fingerprint density at radius 1 is 1.43 bits per heavy atom. The first-order chi connectivity index (χ1) is 10.1. The van der Waals surface area contributed by atoms with Gasteiger partial charge in [0.05, 0.1) is 6.04 Å². The van der Waals surface area contributed by atoms with Crippen molar-refractivity contribution < 1.29 is 5.21 Å². The monoisotopic (exact) mass is 301 g/mol. The van der Waals surface area contributed by atoms with Crippen LogP contribution in [0.25, 0.3) is 0 Å². The van der Waals surface area contributed by atoms with E-state index in [1.54, 1.807) is 0 Å². The SMILES string of the molecule is Cc1ccc(C(N)=NO)c(N2CCc3sccc3C2C)c1. The number of aryl methyl sites for hydroxylation is 1. The summed E-state index contributed by atoms with van der Waals surface area (Å²) in [5, 5.41) is 14.3. The first-order valence-corrected chi connectivity index (χ1v) is 7.91. The Hall–Kier alpha value is -2.01. The van der Waals surface area contributed by atoms with Crippen molar-refractivity contribution in [3.8, 4) is 0 Å². The Morgan fingerprint density at radius 3 is 3.00 bits per heavy atom. The van der Waals surface area contributed by atoms with Gasteiger partial charge in [0.25, 0.3) is 0 Å². The Morgan fingerprint density at radius 2 is 2.24 bits per heavy atom. The molecule has 1 aliphatic rings. The van der Waals surface area contributed by atoms with Crippen LogP contribution in [0.2, 0.25) is 0 Å². The van der Waals surface area contributed by atoms with Gasteiger partial charge in [-0.15, -0.1) is 11.3 Å². The van der Waals surface area contributed by atoms with E-state index in [4.69, 9.17) is 10.9 Å². The average molecular weight is 301 g/mol. The van der Waals surface area contributed by atoms with Crippen LogP contribution < -0.4 is 10.6 Å². The molecule has 0 bridgehead atoms. The predicted octanol–water partition coefficient (Wildman–Crippen LogP) is 3.27. The van der Waals surface area contributed by atoms with E-state index in [9.17, 15) is 0 Å². The average Bonchev–Trinajstić information content (AvgIpc) is 2.96. The fourth-order valence-corrected chi connectivity index (χ4v) is 3.95. The molecule has 2 heterocycles. The first kappa shape index (κ1) is 13.9. The standard InChI is InChI=1S/C16H19N3OS/c1-10-3-4-13(16(17)18-20)14(9-10)19-7-5-15-12(11(19)2)6-8-21-15/h3-4,6,8-9,11,20H,5,7H2,1-2H3,(H2,17,18). The molecule has 5 heteroatoms. The number of fused-ring (bicyclic) bond motifs is 1. The van der Waals surface area contributed by atoms with Gasteiger partial charge in [-0.25, -0.2) is 0 Å². The quantitative estimate of drug-likeness (QED) is 0.387. The van der Waals surface area contributed by atoms with Crippen LogP contribution in [0.1, 0.15) is 34.5 Å². The van der Waals surface area contributed by atoms with Crippen molar-refractivity contribution in [3.63, 3.8) is 0 Å². The predicted molar refractivity (Wildman–Crippen MR) is 87.5 cm³/mol. The summed E-state index contributed by atoms with van der Waals surface area (Å²) in [6.45, 7) is 5.22. The summed E-state index contributed by atoms with van der Waals surface area (Å²) in [6.07, 6.45) is 1.04. The van der Waals surface area contributed by atoms with Crippen molar-refractivity contribution in [2.75, 3.05) is 11.4 Å². The normalized spacial score (nSPS) is 18.7. The molecule has 110 valence electrons. The van der Waals surface area contributed by atoms with Crippen LogP contribution in [0, 0.1) is 6.92 Å². The molecule has 1 unspecified atom stereocenters.